The van der Waals surface area contributed by atoms with Crippen LogP contribution >= 0.6 is 0 Å². The number of benzene rings is 1. The first kappa shape index (κ1) is 8.24. The summed E-state index contributed by atoms with van der Waals surface area (Å²) in [5.74, 6) is 0. The maximum Gasteiger partial charge on any atom is 0.163 e. The van der Waals surface area contributed by atoms with Crippen LogP contribution < -0.4 is 5.40 Å². The van der Waals surface area contributed by atoms with E-state index < -0.39 is 8.96 Å². The summed E-state index contributed by atoms with van der Waals surface area (Å²) in [7, 11) is -0.817. The largest absolute Gasteiger partial charge is 0.348 e. The summed E-state index contributed by atoms with van der Waals surface area (Å²) >= 11 is 0. The van der Waals surface area contributed by atoms with Crippen LogP contribution in [0.3, 0.4) is 0 Å². The van der Waals surface area contributed by atoms with Crippen molar-refractivity contribution in [3.05, 3.63) is 48.2 Å². The molecule has 11 heavy (non-hydrogen) atoms. The Balaban J connectivity index is 2.57. The number of hydrogen-bond donors (Lipinski definition) is 1. The Labute approximate surface area is 69.2 Å². The highest BCUT2D eigenvalue weighted by Gasteiger charge is 2.00. The SMILES string of the molecule is C=C[Si](N)Cc1ccccc1. The Morgan fingerprint density at radius 1 is 1.36 bits per heavy atom. The number of rotatable bonds is 3. The lowest BCUT2D eigenvalue weighted by Gasteiger charge is -2.01. The number of nitrogens with two attached hydrogens (primary N) is 1. The van der Waals surface area contributed by atoms with E-state index in [9.17, 15) is 0 Å². The van der Waals surface area contributed by atoms with Crippen molar-refractivity contribution in [1.29, 1.82) is 0 Å². The second-order valence-corrected chi connectivity index (χ2v) is 4.35. The van der Waals surface area contributed by atoms with Gasteiger partial charge in [-0.05, 0) is 11.6 Å². The van der Waals surface area contributed by atoms with Gasteiger partial charge < -0.3 is 5.40 Å². The zero-order valence-corrected chi connectivity index (χ0v) is 7.46. The smallest absolute Gasteiger partial charge is 0.163 e. The van der Waals surface area contributed by atoms with E-state index in [4.69, 9.17) is 5.40 Å². The Kier molecular flexibility index (Phi) is 3.07. The van der Waals surface area contributed by atoms with Crippen molar-refractivity contribution in [2.75, 3.05) is 0 Å². The second kappa shape index (κ2) is 4.11. The van der Waals surface area contributed by atoms with Crippen LogP contribution in [0.4, 0.5) is 0 Å². The lowest BCUT2D eigenvalue weighted by atomic mass is 10.2. The zero-order chi connectivity index (χ0) is 8.10. The molecule has 1 aromatic carbocycles. The molecule has 1 aromatic rings. The molecule has 2 heteroatoms. The first-order valence-corrected chi connectivity index (χ1v) is 5.47. The van der Waals surface area contributed by atoms with Gasteiger partial charge in [0.1, 0.15) is 0 Å². The van der Waals surface area contributed by atoms with Crippen molar-refractivity contribution in [2.45, 2.75) is 6.04 Å². The lowest BCUT2D eigenvalue weighted by molar-refractivity contribution is 1.35. The van der Waals surface area contributed by atoms with Gasteiger partial charge in [-0.25, -0.2) is 0 Å². The zero-order valence-electron chi connectivity index (χ0n) is 6.46. The normalized spacial score (nSPS) is 10.0. The Morgan fingerprint density at radius 2 is 2.00 bits per heavy atom. The van der Waals surface area contributed by atoms with Gasteiger partial charge in [0.2, 0.25) is 0 Å². The highest BCUT2D eigenvalue weighted by Crippen LogP contribution is 1.99. The molecule has 0 spiro atoms. The van der Waals surface area contributed by atoms with E-state index in [-0.39, 0.29) is 0 Å². The maximum atomic E-state index is 5.79. The summed E-state index contributed by atoms with van der Waals surface area (Å²) in [4.78, 5) is 0. The average molecular weight is 162 g/mol. The Hall–Kier alpha value is -0.863. The molecule has 1 rings (SSSR count). The molecule has 0 amide bonds. The Morgan fingerprint density at radius 3 is 2.55 bits per heavy atom. The quantitative estimate of drug-likeness (QED) is 0.669. The second-order valence-electron chi connectivity index (χ2n) is 2.44. The van der Waals surface area contributed by atoms with Gasteiger partial charge in [0.15, 0.2) is 8.96 Å². The summed E-state index contributed by atoms with van der Waals surface area (Å²) < 4.78 is 0. The minimum Gasteiger partial charge on any atom is -0.348 e. The van der Waals surface area contributed by atoms with Crippen molar-refractivity contribution in [3.63, 3.8) is 0 Å². The fraction of sp³-hybridized carbons (Fsp3) is 0.111. The number of hydrogen-bond acceptors (Lipinski definition) is 1. The molecule has 0 fully saturated rings. The van der Waals surface area contributed by atoms with Gasteiger partial charge in [-0.2, -0.15) is 0 Å². The molecular weight excluding hydrogens is 150 g/mol. The monoisotopic (exact) mass is 162 g/mol. The van der Waals surface area contributed by atoms with Crippen LogP contribution in [0.25, 0.3) is 0 Å². The third-order valence-corrected chi connectivity index (χ3v) is 2.85. The van der Waals surface area contributed by atoms with Crippen molar-refractivity contribution in [3.8, 4) is 0 Å². The van der Waals surface area contributed by atoms with Gasteiger partial charge in [0, 0.05) is 0 Å². The van der Waals surface area contributed by atoms with Crippen LogP contribution in [-0.2, 0) is 6.04 Å². The van der Waals surface area contributed by atoms with Gasteiger partial charge in [0.05, 0.1) is 0 Å². The van der Waals surface area contributed by atoms with Crippen LogP contribution in [0.15, 0.2) is 42.6 Å². The highest BCUT2D eigenvalue weighted by molar-refractivity contribution is 6.60. The van der Waals surface area contributed by atoms with E-state index in [0.29, 0.717) is 0 Å². The summed E-state index contributed by atoms with van der Waals surface area (Å²) in [6.07, 6.45) is 0. The molecule has 0 aromatic heterocycles. The summed E-state index contributed by atoms with van der Waals surface area (Å²) in [5, 5.41) is 5.79. The van der Waals surface area contributed by atoms with E-state index >= 15 is 0 Å². The van der Waals surface area contributed by atoms with E-state index in [1.807, 2.05) is 23.9 Å². The molecule has 0 aliphatic carbocycles. The van der Waals surface area contributed by atoms with E-state index in [1.165, 1.54) is 5.56 Å². The van der Waals surface area contributed by atoms with E-state index in [1.54, 1.807) is 0 Å². The average Bonchev–Trinajstić information content (AvgIpc) is 2.06. The fourth-order valence-corrected chi connectivity index (χ4v) is 1.76. The van der Waals surface area contributed by atoms with Gasteiger partial charge >= 0.3 is 0 Å². The molecule has 0 unspecified atom stereocenters. The molecular formula is C9H12NSi. The van der Waals surface area contributed by atoms with E-state index in [2.05, 4.69) is 18.7 Å². The maximum absolute atomic E-state index is 5.79. The first-order chi connectivity index (χ1) is 5.33. The molecule has 1 radical (unpaired) electrons. The van der Waals surface area contributed by atoms with E-state index in [0.717, 1.165) is 6.04 Å². The molecule has 0 saturated heterocycles. The van der Waals surface area contributed by atoms with Crippen molar-refractivity contribution >= 4 is 8.96 Å². The first-order valence-electron chi connectivity index (χ1n) is 3.60. The molecule has 0 aliphatic heterocycles. The van der Waals surface area contributed by atoms with Crippen molar-refractivity contribution in [1.82, 2.24) is 0 Å². The van der Waals surface area contributed by atoms with Gasteiger partial charge in [0.25, 0.3) is 0 Å². The molecule has 0 saturated carbocycles. The standard InChI is InChI=1S/C9H12NSi/c1-2-11(10)8-9-6-4-3-5-7-9/h2-7H,1,8,10H2. The van der Waals surface area contributed by atoms with Gasteiger partial charge in [-0.1, -0.05) is 36.0 Å². The predicted molar refractivity (Wildman–Crippen MR) is 50.3 cm³/mol. The lowest BCUT2D eigenvalue weighted by Crippen LogP contribution is -2.26. The van der Waals surface area contributed by atoms with Crippen LogP contribution in [0, 0.1) is 0 Å². The summed E-state index contributed by atoms with van der Waals surface area (Å²) in [6, 6.07) is 11.3. The molecule has 0 bridgehead atoms. The molecule has 0 aliphatic rings. The van der Waals surface area contributed by atoms with Crippen molar-refractivity contribution < 1.29 is 0 Å². The third kappa shape index (κ3) is 2.70. The minimum atomic E-state index is -0.817. The predicted octanol–water partition coefficient (Wildman–Crippen LogP) is 1.44. The topological polar surface area (TPSA) is 26.0 Å². The molecule has 57 valence electrons. The van der Waals surface area contributed by atoms with Crippen LogP contribution in [0.5, 0.6) is 0 Å². The molecule has 2 N–H and O–H groups in total. The molecule has 1 nitrogen and oxygen atoms in total. The fourth-order valence-electron chi connectivity index (χ4n) is 0.904. The van der Waals surface area contributed by atoms with Crippen molar-refractivity contribution in [2.24, 2.45) is 5.40 Å². The minimum absolute atomic E-state index is 0.817. The summed E-state index contributed by atoms with van der Waals surface area (Å²) in [6.45, 7) is 3.68. The van der Waals surface area contributed by atoms with Crippen LogP contribution in [0.1, 0.15) is 5.56 Å². The van der Waals surface area contributed by atoms with Crippen LogP contribution in [0.2, 0.25) is 0 Å². The molecule has 0 atom stereocenters. The summed E-state index contributed by atoms with van der Waals surface area (Å²) in [5.41, 5.74) is 3.18. The Bertz CT molecular complexity index is 220. The highest BCUT2D eigenvalue weighted by atomic mass is 28.3. The van der Waals surface area contributed by atoms with Gasteiger partial charge in [-0.3, -0.25) is 0 Å². The van der Waals surface area contributed by atoms with Crippen LogP contribution in [-0.4, -0.2) is 8.96 Å². The van der Waals surface area contributed by atoms with Gasteiger partial charge in [-0.15, -0.1) is 6.58 Å². The third-order valence-electron chi connectivity index (χ3n) is 1.51. The molecule has 0 heterocycles.